The van der Waals surface area contributed by atoms with Crippen LogP contribution < -0.4 is 16.4 Å². The number of hydrogen-bond acceptors (Lipinski definition) is 4. The molecule has 0 radical (unpaired) electrons. The van der Waals surface area contributed by atoms with Crippen LogP contribution in [-0.2, 0) is 11.3 Å². The molecule has 6 heteroatoms. The molecule has 1 unspecified atom stereocenters. The predicted octanol–water partition coefficient (Wildman–Crippen LogP) is 1.08. The summed E-state index contributed by atoms with van der Waals surface area (Å²) in [6.45, 7) is 0.377. The van der Waals surface area contributed by atoms with Gasteiger partial charge in [0.05, 0.1) is 5.56 Å². The zero-order valence-corrected chi connectivity index (χ0v) is 11.5. The van der Waals surface area contributed by atoms with Crippen LogP contribution in [0.25, 0.3) is 0 Å². The van der Waals surface area contributed by atoms with E-state index in [4.69, 9.17) is 5.73 Å². The number of nitrogens with one attached hydrogen (secondary N) is 2. The third-order valence-corrected chi connectivity index (χ3v) is 3.35. The fourth-order valence-corrected chi connectivity index (χ4v) is 2.21. The Balaban J connectivity index is 1.82. The molecular formula is C14H15N3O2S. The summed E-state index contributed by atoms with van der Waals surface area (Å²) in [5, 5.41) is 8.61. The van der Waals surface area contributed by atoms with Gasteiger partial charge in [0.1, 0.15) is 0 Å². The zero-order chi connectivity index (χ0) is 14.4. The highest BCUT2D eigenvalue weighted by Gasteiger charge is 2.16. The zero-order valence-electron chi connectivity index (χ0n) is 10.7. The largest absolute Gasteiger partial charge is 0.349 e. The van der Waals surface area contributed by atoms with Crippen molar-refractivity contribution in [3.63, 3.8) is 0 Å². The summed E-state index contributed by atoms with van der Waals surface area (Å²) < 4.78 is 0. The van der Waals surface area contributed by atoms with E-state index in [-0.39, 0.29) is 5.91 Å². The molecule has 20 heavy (non-hydrogen) atoms. The van der Waals surface area contributed by atoms with Crippen LogP contribution in [0.5, 0.6) is 0 Å². The molecule has 0 aliphatic heterocycles. The van der Waals surface area contributed by atoms with E-state index in [1.807, 2.05) is 30.3 Å². The van der Waals surface area contributed by atoms with E-state index in [2.05, 4.69) is 10.6 Å². The Hall–Kier alpha value is -2.18. The van der Waals surface area contributed by atoms with Crippen molar-refractivity contribution >= 4 is 23.2 Å². The summed E-state index contributed by atoms with van der Waals surface area (Å²) in [4.78, 5) is 23.5. The van der Waals surface area contributed by atoms with Crippen LogP contribution >= 0.6 is 11.3 Å². The molecule has 4 N–H and O–H groups in total. The highest BCUT2D eigenvalue weighted by Crippen LogP contribution is 2.05. The van der Waals surface area contributed by atoms with Gasteiger partial charge in [-0.15, -0.1) is 0 Å². The average Bonchev–Trinajstić information content (AvgIpc) is 3.00. The Kier molecular flexibility index (Phi) is 4.86. The number of carbonyl (C=O) groups excluding carboxylic acids is 2. The SMILES string of the molecule is NC(NC(=O)c1ccsc1)C(=O)NCc1ccccc1. The maximum absolute atomic E-state index is 11.8. The molecule has 0 saturated heterocycles. The van der Waals surface area contributed by atoms with Crippen LogP contribution in [0.15, 0.2) is 47.2 Å². The Morgan fingerprint density at radius 1 is 1.20 bits per heavy atom. The minimum absolute atomic E-state index is 0.353. The third-order valence-electron chi connectivity index (χ3n) is 2.66. The van der Waals surface area contributed by atoms with Crippen LogP contribution in [0.2, 0.25) is 0 Å². The molecule has 5 nitrogen and oxygen atoms in total. The molecular weight excluding hydrogens is 274 g/mol. The van der Waals surface area contributed by atoms with Crippen molar-refractivity contribution in [1.82, 2.24) is 10.6 Å². The summed E-state index contributed by atoms with van der Waals surface area (Å²) >= 11 is 1.41. The molecule has 2 rings (SSSR count). The fraction of sp³-hybridized carbons (Fsp3) is 0.143. The number of amides is 2. The second-order valence-electron chi connectivity index (χ2n) is 4.17. The molecule has 1 aromatic carbocycles. The Morgan fingerprint density at radius 3 is 2.60 bits per heavy atom. The molecule has 0 spiro atoms. The number of benzene rings is 1. The molecule has 1 aromatic heterocycles. The number of hydrogen-bond donors (Lipinski definition) is 3. The van der Waals surface area contributed by atoms with Gasteiger partial charge in [0.15, 0.2) is 6.17 Å². The van der Waals surface area contributed by atoms with E-state index in [9.17, 15) is 9.59 Å². The Labute approximate surface area is 120 Å². The summed E-state index contributed by atoms with van der Waals surface area (Å²) in [5.74, 6) is -0.772. The van der Waals surface area contributed by atoms with Crippen LogP contribution in [0.3, 0.4) is 0 Å². The predicted molar refractivity (Wildman–Crippen MR) is 78.0 cm³/mol. The van der Waals surface area contributed by atoms with Crippen LogP contribution in [0, 0.1) is 0 Å². The van der Waals surface area contributed by atoms with Gasteiger partial charge in [0.25, 0.3) is 11.8 Å². The lowest BCUT2D eigenvalue weighted by molar-refractivity contribution is -0.123. The standard InChI is InChI=1S/C14H15N3O2S/c15-12(17-13(18)11-6-7-20-9-11)14(19)16-8-10-4-2-1-3-5-10/h1-7,9,12H,8,15H2,(H,16,19)(H,17,18). The smallest absolute Gasteiger partial charge is 0.257 e. The fourth-order valence-electron chi connectivity index (χ4n) is 1.58. The average molecular weight is 289 g/mol. The lowest BCUT2D eigenvalue weighted by Crippen LogP contribution is -2.52. The molecule has 0 aliphatic carbocycles. The van der Waals surface area contributed by atoms with E-state index in [1.165, 1.54) is 11.3 Å². The van der Waals surface area contributed by atoms with Gasteiger partial charge in [-0.3, -0.25) is 9.59 Å². The number of thiophene rings is 1. The molecule has 0 bridgehead atoms. The van der Waals surface area contributed by atoms with Gasteiger partial charge >= 0.3 is 0 Å². The van der Waals surface area contributed by atoms with E-state index < -0.39 is 12.1 Å². The van der Waals surface area contributed by atoms with Crippen LogP contribution in [0.1, 0.15) is 15.9 Å². The molecule has 1 atom stereocenters. The van der Waals surface area contributed by atoms with Crippen molar-refractivity contribution in [3.8, 4) is 0 Å². The van der Waals surface area contributed by atoms with Gasteiger partial charge in [-0.25, -0.2) is 0 Å². The Bertz CT molecular complexity index is 569. The first-order valence-electron chi connectivity index (χ1n) is 6.07. The molecule has 0 saturated carbocycles. The molecule has 104 valence electrons. The lowest BCUT2D eigenvalue weighted by Gasteiger charge is -2.13. The number of rotatable bonds is 5. The van der Waals surface area contributed by atoms with Gasteiger partial charge in [-0.05, 0) is 17.0 Å². The van der Waals surface area contributed by atoms with Crippen molar-refractivity contribution in [3.05, 3.63) is 58.3 Å². The first kappa shape index (κ1) is 14.2. The van der Waals surface area contributed by atoms with Crippen molar-refractivity contribution in [1.29, 1.82) is 0 Å². The molecule has 2 aromatic rings. The van der Waals surface area contributed by atoms with Crippen LogP contribution in [0.4, 0.5) is 0 Å². The van der Waals surface area contributed by atoms with Gasteiger partial charge in [-0.2, -0.15) is 11.3 Å². The summed E-state index contributed by atoms with van der Waals surface area (Å²) in [5.41, 5.74) is 7.12. The highest BCUT2D eigenvalue weighted by molar-refractivity contribution is 7.08. The summed E-state index contributed by atoms with van der Waals surface area (Å²) in [6, 6.07) is 11.2. The minimum atomic E-state index is -1.06. The summed E-state index contributed by atoms with van der Waals surface area (Å²) in [6.07, 6.45) is -1.06. The second kappa shape index (κ2) is 6.83. The van der Waals surface area contributed by atoms with E-state index >= 15 is 0 Å². The van der Waals surface area contributed by atoms with E-state index in [1.54, 1.807) is 16.8 Å². The van der Waals surface area contributed by atoms with Gasteiger partial charge in [0.2, 0.25) is 0 Å². The quantitative estimate of drug-likeness (QED) is 0.720. The van der Waals surface area contributed by atoms with Gasteiger partial charge in [0, 0.05) is 11.9 Å². The molecule has 2 amide bonds. The maximum atomic E-state index is 11.8. The number of nitrogens with two attached hydrogens (primary N) is 1. The van der Waals surface area contributed by atoms with Gasteiger partial charge < -0.3 is 16.4 Å². The van der Waals surface area contributed by atoms with E-state index in [0.29, 0.717) is 12.1 Å². The number of carbonyl (C=O) groups is 2. The first-order valence-corrected chi connectivity index (χ1v) is 7.01. The monoisotopic (exact) mass is 289 g/mol. The van der Waals surface area contributed by atoms with Crippen molar-refractivity contribution < 1.29 is 9.59 Å². The molecule has 0 fully saturated rings. The minimum Gasteiger partial charge on any atom is -0.349 e. The van der Waals surface area contributed by atoms with Crippen molar-refractivity contribution in [2.45, 2.75) is 12.7 Å². The van der Waals surface area contributed by atoms with E-state index in [0.717, 1.165) is 5.56 Å². The maximum Gasteiger partial charge on any atom is 0.257 e. The van der Waals surface area contributed by atoms with Gasteiger partial charge in [-0.1, -0.05) is 30.3 Å². The Morgan fingerprint density at radius 2 is 1.95 bits per heavy atom. The molecule has 1 heterocycles. The third kappa shape index (κ3) is 3.91. The topological polar surface area (TPSA) is 84.2 Å². The van der Waals surface area contributed by atoms with Crippen molar-refractivity contribution in [2.75, 3.05) is 0 Å². The summed E-state index contributed by atoms with van der Waals surface area (Å²) in [7, 11) is 0. The highest BCUT2D eigenvalue weighted by atomic mass is 32.1. The van der Waals surface area contributed by atoms with Crippen molar-refractivity contribution in [2.24, 2.45) is 5.73 Å². The second-order valence-corrected chi connectivity index (χ2v) is 4.95. The normalized spacial score (nSPS) is 11.7. The lowest BCUT2D eigenvalue weighted by atomic mass is 10.2. The van der Waals surface area contributed by atoms with Crippen LogP contribution in [-0.4, -0.2) is 18.0 Å². The molecule has 0 aliphatic rings. The first-order chi connectivity index (χ1) is 9.66.